The predicted molar refractivity (Wildman–Crippen MR) is 75.6 cm³/mol. The lowest BCUT2D eigenvalue weighted by atomic mass is 10.1. The molecule has 1 saturated carbocycles. The Hall–Kier alpha value is -2.94. The van der Waals surface area contributed by atoms with Gasteiger partial charge in [-0.25, -0.2) is 9.83 Å². The van der Waals surface area contributed by atoms with Crippen molar-refractivity contribution in [3.05, 3.63) is 63.6 Å². The molecule has 6 nitrogen and oxygen atoms in total. The second-order valence-electron chi connectivity index (χ2n) is 4.82. The van der Waals surface area contributed by atoms with Gasteiger partial charge in [-0.05, 0) is 36.5 Å². The third-order valence-corrected chi connectivity index (χ3v) is 3.29. The van der Waals surface area contributed by atoms with Crippen LogP contribution in [-0.2, 0) is 0 Å². The molecule has 21 heavy (non-hydrogen) atoms. The first-order valence-electron chi connectivity index (χ1n) is 6.47. The fourth-order valence-electron chi connectivity index (χ4n) is 2.07. The molecule has 1 aromatic heterocycles. The molecule has 1 aliphatic carbocycles. The van der Waals surface area contributed by atoms with Gasteiger partial charge in [0.2, 0.25) is 5.88 Å². The smallest absolute Gasteiger partial charge is 0.287 e. The number of aromatic nitrogens is 1. The Morgan fingerprint density at radius 1 is 1.33 bits per heavy atom. The second-order valence-corrected chi connectivity index (χ2v) is 4.82. The summed E-state index contributed by atoms with van der Waals surface area (Å²) < 4.78 is 5.71. The quantitative estimate of drug-likeness (QED) is 0.478. The molecule has 0 unspecified atom stereocenters. The van der Waals surface area contributed by atoms with E-state index in [9.17, 15) is 10.1 Å². The minimum absolute atomic E-state index is 0.0758. The van der Waals surface area contributed by atoms with E-state index in [-0.39, 0.29) is 5.69 Å². The fraction of sp³-hybridized carbons (Fsp3) is 0.200. The van der Waals surface area contributed by atoms with E-state index in [1.807, 2.05) is 6.07 Å². The first-order valence-corrected chi connectivity index (χ1v) is 6.47. The molecule has 0 amide bonds. The van der Waals surface area contributed by atoms with Crippen LogP contribution >= 0.6 is 0 Å². The van der Waals surface area contributed by atoms with E-state index < -0.39 is 4.92 Å². The Morgan fingerprint density at radius 2 is 2.14 bits per heavy atom. The monoisotopic (exact) mass is 281 g/mol. The predicted octanol–water partition coefficient (Wildman–Crippen LogP) is 4.21. The van der Waals surface area contributed by atoms with Crippen LogP contribution in [0.2, 0.25) is 0 Å². The lowest BCUT2D eigenvalue weighted by Gasteiger charge is -2.10. The average molecular weight is 281 g/mol. The van der Waals surface area contributed by atoms with E-state index in [0.717, 1.165) is 18.4 Å². The topological polar surface area (TPSA) is 69.6 Å². The highest BCUT2D eigenvalue weighted by Crippen LogP contribution is 2.46. The lowest BCUT2D eigenvalue weighted by Crippen LogP contribution is -1.94. The van der Waals surface area contributed by atoms with Crippen molar-refractivity contribution in [2.75, 3.05) is 0 Å². The Labute approximate surface area is 121 Å². The van der Waals surface area contributed by atoms with Crippen molar-refractivity contribution in [2.24, 2.45) is 0 Å². The highest BCUT2D eigenvalue weighted by Gasteiger charge is 2.27. The van der Waals surface area contributed by atoms with Crippen molar-refractivity contribution < 1.29 is 9.66 Å². The molecule has 0 atom stereocenters. The molecule has 0 spiro atoms. The maximum absolute atomic E-state index is 10.6. The first-order chi connectivity index (χ1) is 10.2. The summed E-state index contributed by atoms with van der Waals surface area (Å²) in [5.74, 6) is 1.39. The normalized spacial score (nSPS) is 13.5. The van der Waals surface area contributed by atoms with E-state index in [1.54, 1.807) is 12.1 Å². The number of hydrogen-bond acceptors (Lipinski definition) is 4. The number of ether oxygens (including phenoxy) is 1. The minimum atomic E-state index is -0.503. The van der Waals surface area contributed by atoms with Crippen molar-refractivity contribution in [1.29, 1.82) is 0 Å². The number of benzene rings is 1. The van der Waals surface area contributed by atoms with Gasteiger partial charge in [0, 0.05) is 12.1 Å². The molecular formula is C15H11N3O3. The largest absolute Gasteiger partial charge is 0.439 e. The molecule has 1 heterocycles. The Bertz CT molecular complexity index is 731. The van der Waals surface area contributed by atoms with Crippen LogP contribution in [0.3, 0.4) is 0 Å². The third-order valence-electron chi connectivity index (χ3n) is 3.29. The average Bonchev–Trinajstić information content (AvgIpc) is 3.33. The molecule has 0 saturated heterocycles. The summed E-state index contributed by atoms with van der Waals surface area (Å²) >= 11 is 0. The molecule has 0 N–H and O–H groups in total. The second kappa shape index (κ2) is 5.21. The summed E-state index contributed by atoms with van der Waals surface area (Å²) in [6, 6.07) is 8.11. The third kappa shape index (κ3) is 2.82. The van der Waals surface area contributed by atoms with Gasteiger partial charge in [0.25, 0.3) is 5.69 Å². The first kappa shape index (κ1) is 13.1. The minimum Gasteiger partial charge on any atom is -0.439 e. The maximum Gasteiger partial charge on any atom is 0.287 e. The molecule has 0 radical (unpaired) electrons. The molecule has 0 aliphatic heterocycles. The van der Waals surface area contributed by atoms with Crippen LogP contribution in [0.5, 0.6) is 11.6 Å². The van der Waals surface area contributed by atoms with Crippen molar-refractivity contribution in [2.45, 2.75) is 18.8 Å². The van der Waals surface area contributed by atoms with Crippen molar-refractivity contribution in [1.82, 2.24) is 4.98 Å². The van der Waals surface area contributed by atoms with Crippen molar-refractivity contribution in [3.63, 3.8) is 0 Å². The van der Waals surface area contributed by atoms with Gasteiger partial charge in [0.1, 0.15) is 11.9 Å². The summed E-state index contributed by atoms with van der Waals surface area (Å²) in [4.78, 5) is 17.4. The highest BCUT2D eigenvalue weighted by atomic mass is 16.6. The Kier molecular flexibility index (Phi) is 3.24. The van der Waals surface area contributed by atoms with E-state index in [0.29, 0.717) is 23.2 Å². The van der Waals surface area contributed by atoms with Gasteiger partial charge in [-0.1, -0.05) is 6.07 Å². The van der Waals surface area contributed by atoms with Gasteiger partial charge in [-0.3, -0.25) is 10.1 Å². The van der Waals surface area contributed by atoms with Crippen LogP contribution in [0.1, 0.15) is 24.3 Å². The molecule has 1 fully saturated rings. The summed E-state index contributed by atoms with van der Waals surface area (Å²) in [6.45, 7) is 7.07. The van der Waals surface area contributed by atoms with E-state index in [2.05, 4.69) is 9.83 Å². The zero-order chi connectivity index (χ0) is 14.8. The molecule has 0 bridgehead atoms. The highest BCUT2D eigenvalue weighted by molar-refractivity contribution is 5.54. The fourth-order valence-corrected chi connectivity index (χ4v) is 2.07. The summed E-state index contributed by atoms with van der Waals surface area (Å²) in [7, 11) is 0. The molecule has 1 aromatic carbocycles. The number of nitro groups is 1. The number of nitrogens with zero attached hydrogens (tertiary/aromatic N) is 3. The molecule has 3 rings (SSSR count). The van der Waals surface area contributed by atoms with E-state index in [4.69, 9.17) is 11.3 Å². The molecule has 1 aliphatic rings. The van der Waals surface area contributed by atoms with Crippen LogP contribution in [0, 0.1) is 16.7 Å². The molecule has 2 aromatic rings. The molecular weight excluding hydrogens is 270 g/mol. The Morgan fingerprint density at radius 3 is 2.71 bits per heavy atom. The summed E-state index contributed by atoms with van der Waals surface area (Å²) in [5, 5.41) is 10.6. The molecule has 104 valence electrons. The van der Waals surface area contributed by atoms with Gasteiger partial charge in [0.15, 0.2) is 5.69 Å². The van der Waals surface area contributed by atoms with Gasteiger partial charge in [-0.15, -0.1) is 0 Å². The summed E-state index contributed by atoms with van der Waals surface area (Å²) in [6.07, 6.45) is 3.34. The van der Waals surface area contributed by atoms with Crippen LogP contribution in [0.15, 0.2) is 36.5 Å². The standard InChI is InChI=1S/C15H11N3O3/c1-16-11-4-6-14(13(8-11)10-2-3-10)21-15-7-5-12(9-17-15)18(19)20/h4-10H,2-3H2. The van der Waals surface area contributed by atoms with E-state index in [1.165, 1.54) is 18.3 Å². The lowest BCUT2D eigenvalue weighted by molar-refractivity contribution is -0.385. The van der Waals surface area contributed by atoms with Crippen LogP contribution in [0.4, 0.5) is 11.4 Å². The summed E-state index contributed by atoms with van der Waals surface area (Å²) in [5.41, 5.74) is 1.51. The van der Waals surface area contributed by atoms with E-state index >= 15 is 0 Å². The van der Waals surface area contributed by atoms with Crippen molar-refractivity contribution >= 4 is 11.4 Å². The van der Waals surface area contributed by atoms with Gasteiger partial charge in [-0.2, -0.15) is 0 Å². The van der Waals surface area contributed by atoms with Crippen LogP contribution in [0.25, 0.3) is 4.85 Å². The molecule has 6 heteroatoms. The Balaban J connectivity index is 1.87. The zero-order valence-corrected chi connectivity index (χ0v) is 11.0. The number of rotatable bonds is 4. The SMILES string of the molecule is [C-]#[N+]c1ccc(Oc2ccc([N+](=O)[O-])cn2)c(C2CC2)c1. The van der Waals surface area contributed by atoms with Crippen LogP contribution in [-0.4, -0.2) is 9.91 Å². The maximum atomic E-state index is 10.6. The number of pyridine rings is 1. The van der Waals surface area contributed by atoms with Crippen LogP contribution < -0.4 is 4.74 Å². The van der Waals surface area contributed by atoms with Crippen molar-refractivity contribution in [3.8, 4) is 11.6 Å². The van der Waals surface area contributed by atoms with Gasteiger partial charge in [0.05, 0.1) is 11.5 Å². The number of hydrogen-bond donors (Lipinski definition) is 0. The zero-order valence-electron chi connectivity index (χ0n) is 11.0. The van der Waals surface area contributed by atoms with Gasteiger partial charge < -0.3 is 4.74 Å². The van der Waals surface area contributed by atoms with Gasteiger partial charge >= 0.3 is 0 Å².